The summed E-state index contributed by atoms with van der Waals surface area (Å²) in [5, 5.41) is 0. The van der Waals surface area contributed by atoms with E-state index in [0.717, 1.165) is 25.2 Å². The van der Waals surface area contributed by atoms with E-state index < -0.39 is 0 Å². The summed E-state index contributed by atoms with van der Waals surface area (Å²) < 4.78 is 25.4. The van der Waals surface area contributed by atoms with Crippen molar-refractivity contribution in [2.45, 2.75) is 32.4 Å². The molecule has 1 aromatic carbocycles. The predicted octanol–water partition coefficient (Wildman–Crippen LogP) is 1.81. The van der Waals surface area contributed by atoms with Crippen LogP contribution in [0.25, 0.3) is 0 Å². The van der Waals surface area contributed by atoms with Gasteiger partial charge in [-0.15, -0.1) is 0 Å². The molecule has 118 valence electrons. The van der Waals surface area contributed by atoms with E-state index >= 15 is 0 Å². The van der Waals surface area contributed by atoms with Crippen molar-refractivity contribution >= 4 is 0 Å². The van der Waals surface area contributed by atoms with E-state index in [1.54, 1.807) is 6.07 Å². The molecule has 2 rings (SSSR count). The third kappa shape index (κ3) is 4.66. The molecule has 2 N–H and O–H groups in total. The Kier molecular flexibility index (Phi) is 5.96. The van der Waals surface area contributed by atoms with Crippen molar-refractivity contribution in [3.63, 3.8) is 0 Å². The number of hydrogen-bond donors (Lipinski definition) is 1. The smallest absolute Gasteiger partial charge is 0.165 e. The van der Waals surface area contributed by atoms with Gasteiger partial charge in [0.2, 0.25) is 0 Å². The average molecular weight is 296 g/mol. The van der Waals surface area contributed by atoms with E-state index in [2.05, 4.69) is 11.8 Å². The van der Waals surface area contributed by atoms with Crippen LogP contribution in [0.5, 0.6) is 5.75 Å². The number of para-hydroxylation sites is 1. The average Bonchev–Trinajstić information content (AvgIpc) is 2.46. The number of morpholine rings is 1. The van der Waals surface area contributed by atoms with E-state index in [1.165, 1.54) is 6.07 Å². The molecular formula is C16H25FN2O2. The number of halogens is 1. The zero-order chi connectivity index (χ0) is 15.2. The largest absolute Gasteiger partial charge is 0.487 e. The molecule has 1 aliphatic heterocycles. The van der Waals surface area contributed by atoms with Gasteiger partial charge >= 0.3 is 0 Å². The summed E-state index contributed by atoms with van der Waals surface area (Å²) >= 11 is 0. The van der Waals surface area contributed by atoms with E-state index in [4.69, 9.17) is 15.2 Å². The molecule has 5 heteroatoms. The molecule has 1 aromatic rings. The Hall–Kier alpha value is -1.17. The minimum Gasteiger partial charge on any atom is -0.487 e. The fourth-order valence-corrected chi connectivity index (χ4v) is 2.57. The SMILES string of the molecule is CCN1CCOC(COc2c(F)cccc2CC(C)N)C1. The highest BCUT2D eigenvalue weighted by Crippen LogP contribution is 2.24. The summed E-state index contributed by atoms with van der Waals surface area (Å²) in [6.07, 6.45) is 0.584. The van der Waals surface area contributed by atoms with E-state index in [1.807, 2.05) is 13.0 Å². The first kappa shape index (κ1) is 16.2. The van der Waals surface area contributed by atoms with Crippen molar-refractivity contribution in [3.05, 3.63) is 29.6 Å². The van der Waals surface area contributed by atoms with Crippen molar-refractivity contribution < 1.29 is 13.9 Å². The Morgan fingerprint density at radius 1 is 1.52 bits per heavy atom. The highest BCUT2D eigenvalue weighted by atomic mass is 19.1. The summed E-state index contributed by atoms with van der Waals surface area (Å²) in [5.41, 5.74) is 6.62. The van der Waals surface area contributed by atoms with Crippen LogP contribution in [0, 0.1) is 5.82 Å². The van der Waals surface area contributed by atoms with Gasteiger partial charge in [-0.25, -0.2) is 4.39 Å². The number of ether oxygens (including phenoxy) is 2. The monoisotopic (exact) mass is 296 g/mol. The standard InChI is InChI=1S/C16H25FN2O2/c1-3-19-7-8-20-14(10-19)11-21-16-13(9-12(2)18)5-4-6-15(16)17/h4-6,12,14H,3,7-11,18H2,1-2H3. The van der Waals surface area contributed by atoms with Crippen LogP contribution in [0.1, 0.15) is 19.4 Å². The quantitative estimate of drug-likeness (QED) is 0.870. The molecule has 1 heterocycles. The number of hydrogen-bond acceptors (Lipinski definition) is 4. The lowest BCUT2D eigenvalue weighted by Crippen LogP contribution is -2.44. The predicted molar refractivity (Wildman–Crippen MR) is 81.1 cm³/mol. The molecule has 1 aliphatic rings. The molecule has 0 saturated carbocycles. The Bertz CT molecular complexity index is 454. The molecule has 2 atom stereocenters. The first-order valence-electron chi connectivity index (χ1n) is 7.59. The minimum absolute atomic E-state index is 0.0125. The highest BCUT2D eigenvalue weighted by Gasteiger charge is 2.21. The van der Waals surface area contributed by atoms with Gasteiger partial charge < -0.3 is 15.2 Å². The maximum atomic E-state index is 14.0. The summed E-state index contributed by atoms with van der Waals surface area (Å²) in [6.45, 7) is 7.86. The molecule has 1 saturated heterocycles. The molecule has 0 aliphatic carbocycles. The molecule has 0 bridgehead atoms. The van der Waals surface area contributed by atoms with Crippen LogP contribution in [0.2, 0.25) is 0 Å². The van der Waals surface area contributed by atoms with Gasteiger partial charge in [0.15, 0.2) is 11.6 Å². The molecule has 0 amide bonds. The first-order chi connectivity index (χ1) is 10.1. The van der Waals surface area contributed by atoms with Crippen LogP contribution < -0.4 is 10.5 Å². The third-order valence-corrected chi connectivity index (χ3v) is 3.67. The van der Waals surface area contributed by atoms with Gasteiger partial charge in [0.05, 0.1) is 6.61 Å². The van der Waals surface area contributed by atoms with E-state index in [0.29, 0.717) is 25.4 Å². The maximum absolute atomic E-state index is 14.0. The molecule has 4 nitrogen and oxygen atoms in total. The van der Waals surface area contributed by atoms with Crippen molar-refractivity contribution in [1.82, 2.24) is 4.90 Å². The summed E-state index contributed by atoms with van der Waals surface area (Å²) in [7, 11) is 0. The minimum atomic E-state index is -0.337. The second-order valence-electron chi connectivity index (χ2n) is 5.61. The lowest BCUT2D eigenvalue weighted by molar-refractivity contribution is -0.0469. The summed E-state index contributed by atoms with van der Waals surface area (Å²) in [5.74, 6) is -0.0247. The maximum Gasteiger partial charge on any atom is 0.165 e. The first-order valence-corrected chi connectivity index (χ1v) is 7.59. The number of nitrogens with two attached hydrogens (primary N) is 1. The second-order valence-corrected chi connectivity index (χ2v) is 5.61. The van der Waals surface area contributed by atoms with Crippen molar-refractivity contribution in [1.29, 1.82) is 0 Å². The van der Waals surface area contributed by atoms with Gasteiger partial charge in [-0.1, -0.05) is 19.1 Å². The lowest BCUT2D eigenvalue weighted by atomic mass is 10.1. The molecule has 0 spiro atoms. The van der Waals surface area contributed by atoms with Crippen molar-refractivity contribution in [2.75, 3.05) is 32.8 Å². The van der Waals surface area contributed by atoms with Crippen LogP contribution in [0.15, 0.2) is 18.2 Å². The van der Waals surface area contributed by atoms with Crippen LogP contribution >= 0.6 is 0 Å². The molecule has 21 heavy (non-hydrogen) atoms. The van der Waals surface area contributed by atoms with Crippen molar-refractivity contribution in [3.8, 4) is 5.75 Å². The number of rotatable bonds is 6. The molecule has 0 radical (unpaired) electrons. The number of likely N-dealkylation sites (N-methyl/N-ethyl adjacent to an activating group) is 1. The van der Waals surface area contributed by atoms with Gasteiger partial charge in [-0.2, -0.15) is 0 Å². The summed E-state index contributed by atoms with van der Waals surface area (Å²) in [6, 6.07) is 4.94. The zero-order valence-electron chi connectivity index (χ0n) is 12.8. The third-order valence-electron chi connectivity index (χ3n) is 3.67. The van der Waals surface area contributed by atoms with Crippen LogP contribution in [-0.4, -0.2) is 49.9 Å². The molecule has 1 fully saturated rings. The number of benzene rings is 1. The van der Waals surface area contributed by atoms with Gasteiger partial charge in [-0.05, 0) is 31.5 Å². The van der Waals surface area contributed by atoms with Gasteiger partial charge in [0, 0.05) is 19.1 Å². The molecule has 2 unspecified atom stereocenters. The van der Waals surface area contributed by atoms with Gasteiger partial charge in [-0.3, -0.25) is 4.90 Å². The Morgan fingerprint density at radius 2 is 2.33 bits per heavy atom. The Balaban J connectivity index is 1.99. The zero-order valence-corrected chi connectivity index (χ0v) is 12.8. The normalized spacial score (nSPS) is 21.2. The van der Waals surface area contributed by atoms with E-state index in [-0.39, 0.29) is 18.0 Å². The lowest BCUT2D eigenvalue weighted by Gasteiger charge is -2.32. The van der Waals surface area contributed by atoms with Gasteiger partial charge in [0.1, 0.15) is 12.7 Å². The fourth-order valence-electron chi connectivity index (χ4n) is 2.57. The van der Waals surface area contributed by atoms with Crippen molar-refractivity contribution in [2.24, 2.45) is 5.73 Å². The summed E-state index contributed by atoms with van der Waals surface area (Å²) in [4.78, 5) is 2.31. The molecule has 0 aromatic heterocycles. The van der Waals surface area contributed by atoms with Crippen LogP contribution in [-0.2, 0) is 11.2 Å². The fraction of sp³-hybridized carbons (Fsp3) is 0.625. The van der Waals surface area contributed by atoms with Crippen LogP contribution in [0.4, 0.5) is 4.39 Å². The van der Waals surface area contributed by atoms with E-state index in [9.17, 15) is 4.39 Å². The molecular weight excluding hydrogens is 271 g/mol. The Labute approximate surface area is 126 Å². The second kappa shape index (κ2) is 7.73. The highest BCUT2D eigenvalue weighted by molar-refractivity contribution is 5.35. The number of nitrogens with zero attached hydrogens (tertiary/aromatic N) is 1. The van der Waals surface area contributed by atoms with Crippen LogP contribution in [0.3, 0.4) is 0 Å². The topological polar surface area (TPSA) is 47.7 Å². The Morgan fingerprint density at radius 3 is 3.05 bits per heavy atom. The van der Waals surface area contributed by atoms with Gasteiger partial charge in [0.25, 0.3) is 0 Å².